The van der Waals surface area contributed by atoms with Crippen molar-refractivity contribution in [1.82, 2.24) is 10.6 Å². The number of carbonyl (C=O) groups is 2. The molecule has 0 fully saturated rings. The number of benzene rings is 2. The molecule has 3 N–H and O–H groups in total. The topological polar surface area (TPSA) is 104 Å². The van der Waals surface area contributed by atoms with Crippen LogP contribution in [0.1, 0.15) is 38.1 Å². The molecule has 2 rings (SSSR count). The SMILES string of the molecule is CC(NC(=O)c1cccc(NS(=O)(=O)c2cc(Cl)ccc2Cl)c1)C(=O)NC(C)(C)C. The number of halogens is 2. The van der Waals surface area contributed by atoms with Crippen LogP contribution in [0.3, 0.4) is 0 Å². The van der Waals surface area contributed by atoms with E-state index in [-0.39, 0.29) is 32.1 Å². The molecule has 0 heterocycles. The van der Waals surface area contributed by atoms with E-state index in [0.717, 1.165) is 0 Å². The van der Waals surface area contributed by atoms with Crippen LogP contribution in [0, 0.1) is 0 Å². The highest BCUT2D eigenvalue weighted by atomic mass is 35.5. The van der Waals surface area contributed by atoms with E-state index < -0.39 is 27.5 Å². The zero-order chi connectivity index (χ0) is 22.7. The largest absolute Gasteiger partial charge is 0.350 e. The van der Waals surface area contributed by atoms with Gasteiger partial charge < -0.3 is 10.6 Å². The Bertz CT molecular complexity index is 1070. The molecule has 2 amide bonds. The fraction of sp³-hybridized carbons (Fsp3) is 0.300. The minimum Gasteiger partial charge on any atom is -0.350 e. The number of carbonyl (C=O) groups excluding carboxylic acids is 2. The van der Waals surface area contributed by atoms with Gasteiger partial charge in [-0.2, -0.15) is 0 Å². The Morgan fingerprint density at radius 3 is 2.33 bits per heavy atom. The van der Waals surface area contributed by atoms with E-state index in [4.69, 9.17) is 23.2 Å². The zero-order valence-corrected chi connectivity index (χ0v) is 19.2. The van der Waals surface area contributed by atoms with Gasteiger partial charge in [-0.15, -0.1) is 0 Å². The van der Waals surface area contributed by atoms with Crippen LogP contribution in [0.25, 0.3) is 0 Å². The van der Waals surface area contributed by atoms with Crippen LogP contribution in [0.5, 0.6) is 0 Å². The molecule has 7 nitrogen and oxygen atoms in total. The molecule has 0 saturated heterocycles. The van der Waals surface area contributed by atoms with Gasteiger partial charge >= 0.3 is 0 Å². The van der Waals surface area contributed by atoms with Crippen molar-refractivity contribution in [3.63, 3.8) is 0 Å². The first-order valence-electron chi connectivity index (χ1n) is 8.99. The summed E-state index contributed by atoms with van der Waals surface area (Å²) in [6, 6.07) is 9.19. The van der Waals surface area contributed by atoms with Crippen LogP contribution in [0.4, 0.5) is 5.69 Å². The Kier molecular flexibility index (Phi) is 7.39. The Labute approximate surface area is 186 Å². The minimum atomic E-state index is -4.03. The molecule has 10 heteroatoms. The van der Waals surface area contributed by atoms with Gasteiger partial charge in [0.05, 0.1) is 5.02 Å². The van der Waals surface area contributed by atoms with Gasteiger partial charge in [0.25, 0.3) is 15.9 Å². The average molecular weight is 472 g/mol. The van der Waals surface area contributed by atoms with Crippen molar-refractivity contribution < 1.29 is 18.0 Å². The van der Waals surface area contributed by atoms with E-state index >= 15 is 0 Å². The number of nitrogens with one attached hydrogen (secondary N) is 3. The van der Waals surface area contributed by atoms with Crippen molar-refractivity contribution in [3.8, 4) is 0 Å². The number of hydrogen-bond donors (Lipinski definition) is 3. The molecule has 2 aromatic rings. The molecule has 0 bridgehead atoms. The fourth-order valence-corrected chi connectivity index (χ4v) is 4.25. The highest BCUT2D eigenvalue weighted by molar-refractivity contribution is 7.92. The predicted octanol–water partition coefficient (Wildman–Crippen LogP) is 3.83. The lowest BCUT2D eigenvalue weighted by Gasteiger charge is -2.23. The molecular formula is C20H23Cl2N3O4S. The van der Waals surface area contributed by atoms with Crippen LogP contribution in [0.15, 0.2) is 47.4 Å². The Morgan fingerprint density at radius 2 is 1.70 bits per heavy atom. The van der Waals surface area contributed by atoms with Crippen LogP contribution in [-0.4, -0.2) is 31.8 Å². The molecule has 0 aliphatic carbocycles. The molecule has 0 aliphatic rings. The Hall–Kier alpha value is -2.29. The van der Waals surface area contributed by atoms with Crippen molar-refractivity contribution >= 4 is 50.7 Å². The zero-order valence-electron chi connectivity index (χ0n) is 16.9. The number of hydrogen-bond acceptors (Lipinski definition) is 4. The second-order valence-electron chi connectivity index (χ2n) is 7.70. The van der Waals surface area contributed by atoms with Crippen molar-refractivity contribution in [2.45, 2.75) is 44.2 Å². The maximum atomic E-state index is 12.6. The van der Waals surface area contributed by atoms with Crippen LogP contribution in [0.2, 0.25) is 10.0 Å². The van der Waals surface area contributed by atoms with Crippen molar-refractivity contribution in [3.05, 3.63) is 58.1 Å². The minimum absolute atomic E-state index is 0.0134. The summed E-state index contributed by atoms with van der Waals surface area (Å²) in [7, 11) is -4.03. The van der Waals surface area contributed by atoms with E-state index in [0.29, 0.717) is 0 Å². The summed E-state index contributed by atoms with van der Waals surface area (Å²) in [6.07, 6.45) is 0. The van der Waals surface area contributed by atoms with Crippen molar-refractivity contribution in [1.29, 1.82) is 0 Å². The Morgan fingerprint density at radius 1 is 1.03 bits per heavy atom. The lowest BCUT2D eigenvalue weighted by molar-refractivity contribution is -0.124. The lowest BCUT2D eigenvalue weighted by Crippen LogP contribution is -2.50. The maximum Gasteiger partial charge on any atom is 0.263 e. The molecule has 1 unspecified atom stereocenters. The molecule has 1 atom stereocenters. The monoisotopic (exact) mass is 471 g/mol. The normalized spacial score (nSPS) is 12.7. The number of amides is 2. The molecular weight excluding hydrogens is 449 g/mol. The first kappa shape index (κ1) is 24.0. The summed E-state index contributed by atoms with van der Waals surface area (Å²) in [5.41, 5.74) is -0.0936. The van der Waals surface area contributed by atoms with Gasteiger partial charge in [0.15, 0.2) is 0 Å². The van der Waals surface area contributed by atoms with E-state index in [9.17, 15) is 18.0 Å². The van der Waals surface area contributed by atoms with Crippen LogP contribution < -0.4 is 15.4 Å². The van der Waals surface area contributed by atoms with Gasteiger partial charge in [0, 0.05) is 21.8 Å². The van der Waals surface area contributed by atoms with Gasteiger partial charge in [-0.25, -0.2) is 8.42 Å². The van der Waals surface area contributed by atoms with Crippen molar-refractivity contribution in [2.75, 3.05) is 4.72 Å². The summed E-state index contributed by atoms with van der Waals surface area (Å²) in [5.74, 6) is -0.850. The third-order valence-corrected chi connectivity index (χ3v) is 5.90. The van der Waals surface area contributed by atoms with Gasteiger partial charge in [-0.05, 0) is 64.1 Å². The maximum absolute atomic E-state index is 12.6. The predicted molar refractivity (Wildman–Crippen MR) is 119 cm³/mol. The molecule has 30 heavy (non-hydrogen) atoms. The standard InChI is InChI=1S/C20H23Cl2N3O4S/c1-12(18(26)24-20(2,3)4)23-19(27)13-6-5-7-15(10-13)25-30(28,29)17-11-14(21)8-9-16(17)22/h5-12,25H,1-4H3,(H,23,27)(H,24,26). The van der Waals surface area contributed by atoms with Crippen LogP contribution in [-0.2, 0) is 14.8 Å². The summed E-state index contributed by atoms with van der Waals surface area (Å²) in [5, 5.41) is 5.60. The highest BCUT2D eigenvalue weighted by Gasteiger charge is 2.22. The van der Waals surface area contributed by atoms with Gasteiger partial charge in [0.2, 0.25) is 5.91 Å². The van der Waals surface area contributed by atoms with E-state index in [1.165, 1.54) is 42.5 Å². The van der Waals surface area contributed by atoms with E-state index in [2.05, 4.69) is 15.4 Å². The molecule has 0 spiro atoms. The summed E-state index contributed by atoms with van der Waals surface area (Å²) >= 11 is 11.9. The second-order valence-corrected chi connectivity index (χ2v) is 10.2. The summed E-state index contributed by atoms with van der Waals surface area (Å²) in [6.45, 7) is 7.07. The van der Waals surface area contributed by atoms with Crippen LogP contribution >= 0.6 is 23.2 Å². The first-order valence-corrected chi connectivity index (χ1v) is 11.2. The second kappa shape index (κ2) is 9.24. The average Bonchev–Trinajstić information content (AvgIpc) is 2.62. The Balaban J connectivity index is 2.17. The smallest absolute Gasteiger partial charge is 0.263 e. The molecule has 0 aliphatic heterocycles. The molecule has 0 aromatic heterocycles. The van der Waals surface area contributed by atoms with Gasteiger partial charge in [-0.1, -0.05) is 29.3 Å². The summed E-state index contributed by atoms with van der Waals surface area (Å²) in [4.78, 5) is 24.5. The molecule has 0 saturated carbocycles. The molecule has 162 valence electrons. The fourth-order valence-electron chi connectivity index (χ4n) is 2.44. The quantitative estimate of drug-likeness (QED) is 0.595. The first-order chi connectivity index (χ1) is 13.8. The van der Waals surface area contributed by atoms with Gasteiger partial charge in [0.1, 0.15) is 10.9 Å². The van der Waals surface area contributed by atoms with Crippen molar-refractivity contribution in [2.24, 2.45) is 0 Å². The summed E-state index contributed by atoms with van der Waals surface area (Å²) < 4.78 is 27.7. The van der Waals surface area contributed by atoms with Gasteiger partial charge in [-0.3, -0.25) is 14.3 Å². The molecule has 2 aromatic carbocycles. The molecule has 0 radical (unpaired) electrons. The third kappa shape index (κ3) is 6.62. The lowest BCUT2D eigenvalue weighted by atomic mass is 10.1. The number of anilines is 1. The number of rotatable bonds is 6. The number of sulfonamides is 1. The van der Waals surface area contributed by atoms with E-state index in [1.54, 1.807) is 6.92 Å². The third-order valence-electron chi connectivity index (χ3n) is 3.80. The van der Waals surface area contributed by atoms with E-state index in [1.807, 2.05) is 20.8 Å². The highest BCUT2D eigenvalue weighted by Crippen LogP contribution is 2.27.